The standard InChI is InChI=1S/C9H8O3S.C7H6OS.Na/c10-8(11)6-12-9(13)7-4-2-1-3-5-7;8-7(9)6-4-2-1-3-5-6;/h1-5H,6H2,(H,10,11);1-5H,(H,8,9);/q;;+1/p-1. The van der Waals surface area contributed by atoms with E-state index in [2.05, 4.69) is 12.2 Å². The van der Waals surface area contributed by atoms with E-state index in [0.29, 0.717) is 5.56 Å². The van der Waals surface area contributed by atoms with Gasteiger partial charge in [0.15, 0.2) is 11.7 Å². The Kier molecular flexibility index (Phi) is 11.5. The minimum absolute atomic E-state index is 0. The molecule has 114 valence electrons. The van der Waals surface area contributed by atoms with Crippen LogP contribution in [-0.2, 0) is 9.53 Å². The number of rotatable bonds is 4. The molecule has 2 aromatic carbocycles. The van der Waals surface area contributed by atoms with E-state index in [9.17, 15) is 9.90 Å². The van der Waals surface area contributed by atoms with E-state index in [-0.39, 0.29) is 39.7 Å². The summed E-state index contributed by atoms with van der Waals surface area (Å²) in [6, 6.07) is 17.8. The summed E-state index contributed by atoms with van der Waals surface area (Å²) < 4.78 is 4.82. The van der Waals surface area contributed by atoms with Gasteiger partial charge in [-0.15, -0.1) is 0 Å². The number of hydrogen-bond donors (Lipinski definition) is 1. The maximum Gasteiger partial charge on any atom is 1.00 e. The second kappa shape index (κ2) is 12.2. The van der Waals surface area contributed by atoms with Crippen LogP contribution >= 0.6 is 24.4 Å². The summed E-state index contributed by atoms with van der Waals surface area (Å²) in [6.07, 6.45) is 0. The van der Waals surface area contributed by atoms with Crippen LogP contribution in [-0.4, -0.2) is 27.8 Å². The number of hydrogen-bond acceptors (Lipinski definition) is 5. The van der Waals surface area contributed by atoms with Crippen LogP contribution < -0.4 is 34.7 Å². The molecule has 0 atom stereocenters. The van der Waals surface area contributed by atoms with Crippen molar-refractivity contribution in [3.8, 4) is 0 Å². The molecule has 0 heterocycles. The molecule has 0 bridgehead atoms. The van der Waals surface area contributed by atoms with Crippen LogP contribution in [0.2, 0.25) is 0 Å². The number of benzene rings is 2. The predicted molar refractivity (Wildman–Crippen MR) is 89.9 cm³/mol. The van der Waals surface area contributed by atoms with Crippen molar-refractivity contribution in [2.75, 3.05) is 6.61 Å². The topological polar surface area (TPSA) is 69.6 Å². The van der Waals surface area contributed by atoms with E-state index < -0.39 is 12.6 Å². The summed E-state index contributed by atoms with van der Waals surface area (Å²) in [4.78, 5) is 10.2. The van der Waals surface area contributed by atoms with Gasteiger partial charge in [0.1, 0.15) is 0 Å². The Labute approximate surface area is 167 Å². The Morgan fingerprint density at radius 1 is 0.957 bits per heavy atom. The molecule has 0 radical (unpaired) electrons. The van der Waals surface area contributed by atoms with Crippen LogP contribution in [0.3, 0.4) is 0 Å². The first-order valence-corrected chi connectivity index (χ1v) is 7.02. The Balaban J connectivity index is 0.000000427. The third-order valence-electron chi connectivity index (χ3n) is 2.35. The van der Waals surface area contributed by atoms with E-state index in [1.165, 1.54) is 0 Å². The van der Waals surface area contributed by atoms with E-state index in [1.807, 2.05) is 24.3 Å². The largest absolute Gasteiger partial charge is 1.00 e. The fourth-order valence-corrected chi connectivity index (χ4v) is 1.69. The maximum atomic E-state index is 10.5. The second-order valence-corrected chi connectivity index (χ2v) is 4.73. The van der Waals surface area contributed by atoms with Gasteiger partial charge in [0.25, 0.3) is 0 Å². The second-order valence-electron chi connectivity index (χ2n) is 3.99. The summed E-state index contributed by atoms with van der Waals surface area (Å²) >= 11 is 9.26. The number of carboxylic acids is 1. The molecule has 0 aromatic heterocycles. The van der Waals surface area contributed by atoms with Crippen molar-refractivity contribution < 1.29 is 49.3 Å². The zero-order valence-electron chi connectivity index (χ0n) is 12.5. The van der Waals surface area contributed by atoms with E-state index >= 15 is 0 Å². The minimum Gasteiger partial charge on any atom is -0.864 e. The molecule has 1 N–H and O–H groups in total. The van der Waals surface area contributed by atoms with E-state index in [4.69, 9.17) is 22.1 Å². The van der Waals surface area contributed by atoms with Gasteiger partial charge in [0, 0.05) is 5.56 Å². The third kappa shape index (κ3) is 9.43. The first kappa shape index (κ1) is 21.7. The Hall–Kier alpha value is -1.31. The molecular weight excluding hydrogens is 343 g/mol. The van der Waals surface area contributed by atoms with Crippen LogP contribution in [0.25, 0.3) is 0 Å². The van der Waals surface area contributed by atoms with Crippen molar-refractivity contribution in [1.29, 1.82) is 0 Å². The minimum atomic E-state index is -1.03. The fraction of sp³-hybridized carbons (Fsp3) is 0.0625. The number of ether oxygens (including phenoxy) is 1. The molecule has 0 aliphatic carbocycles. The Morgan fingerprint density at radius 3 is 1.74 bits per heavy atom. The Bertz CT molecular complexity index is 633. The number of aliphatic carboxylic acids is 1. The average Bonchev–Trinajstić information content (AvgIpc) is 2.55. The van der Waals surface area contributed by atoms with E-state index in [0.717, 1.165) is 5.56 Å². The van der Waals surface area contributed by atoms with Gasteiger partial charge in [-0.05, 0) is 22.8 Å². The van der Waals surface area contributed by atoms with Gasteiger partial charge in [-0.25, -0.2) is 4.79 Å². The monoisotopic (exact) mass is 356 g/mol. The van der Waals surface area contributed by atoms with Gasteiger partial charge in [0.2, 0.25) is 0 Å². The van der Waals surface area contributed by atoms with E-state index in [1.54, 1.807) is 36.4 Å². The molecule has 0 spiro atoms. The molecule has 0 saturated carbocycles. The molecule has 2 aromatic rings. The summed E-state index contributed by atoms with van der Waals surface area (Å²) in [5.41, 5.74) is 1.31. The molecular formula is C16H13NaO4S2. The first-order valence-electron chi connectivity index (χ1n) is 6.21. The molecule has 0 fully saturated rings. The zero-order chi connectivity index (χ0) is 16.4. The first-order chi connectivity index (χ1) is 10.5. The van der Waals surface area contributed by atoms with Crippen LogP contribution in [0.5, 0.6) is 0 Å². The number of thiocarbonyl (C=S) groups is 2. The van der Waals surface area contributed by atoms with Crippen LogP contribution in [0.4, 0.5) is 0 Å². The number of carbonyl (C=O) groups is 1. The van der Waals surface area contributed by atoms with Crippen molar-refractivity contribution in [3.63, 3.8) is 0 Å². The SMILES string of the molecule is O=C(O)COC(=S)c1ccccc1.[Na+].[O-]C(=S)c1ccccc1. The number of carboxylic acid groups (broad SMARTS) is 1. The quantitative estimate of drug-likeness (QED) is 0.571. The fourth-order valence-electron chi connectivity index (χ4n) is 1.36. The van der Waals surface area contributed by atoms with Gasteiger partial charge < -0.3 is 14.9 Å². The normalized spacial score (nSPS) is 8.70. The van der Waals surface area contributed by atoms with Crippen LogP contribution in [0.1, 0.15) is 11.1 Å². The molecule has 0 unspecified atom stereocenters. The van der Waals surface area contributed by atoms with Gasteiger partial charge in [-0.3, -0.25) is 0 Å². The van der Waals surface area contributed by atoms with Gasteiger partial charge in [-0.1, -0.05) is 72.9 Å². The molecule has 0 aliphatic heterocycles. The zero-order valence-corrected chi connectivity index (χ0v) is 16.1. The van der Waals surface area contributed by atoms with Crippen molar-refractivity contribution in [2.45, 2.75) is 0 Å². The third-order valence-corrected chi connectivity index (χ3v) is 2.93. The van der Waals surface area contributed by atoms with Gasteiger partial charge in [0.05, 0.1) is 0 Å². The van der Waals surface area contributed by atoms with Crippen molar-refractivity contribution in [3.05, 3.63) is 71.8 Å². The summed E-state index contributed by atoms with van der Waals surface area (Å²) in [6.45, 7) is -0.395. The van der Waals surface area contributed by atoms with Crippen molar-refractivity contribution in [1.82, 2.24) is 0 Å². The Morgan fingerprint density at radius 2 is 1.39 bits per heavy atom. The molecule has 2 rings (SSSR count). The van der Waals surface area contributed by atoms with Crippen LogP contribution in [0, 0.1) is 0 Å². The smallest absolute Gasteiger partial charge is 0.864 e. The average molecular weight is 356 g/mol. The molecule has 0 amide bonds. The summed E-state index contributed by atoms with van der Waals surface area (Å²) in [5, 5.41) is 18.7. The van der Waals surface area contributed by atoms with Gasteiger partial charge in [-0.2, -0.15) is 0 Å². The molecule has 7 heteroatoms. The summed E-state index contributed by atoms with van der Waals surface area (Å²) in [5.74, 6) is -1.03. The maximum absolute atomic E-state index is 10.5. The molecule has 4 nitrogen and oxygen atoms in total. The summed E-state index contributed by atoms with van der Waals surface area (Å²) in [7, 11) is 0. The molecule has 0 aliphatic rings. The van der Waals surface area contributed by atoms with Gasteiger partial charge >= 0.3 is 35.5 Å². The van der Waals surface area contributed by atoms with Crippen LogP contribution in [0.15, 0.2) is 60.7 Å². The molecule has 0 saturated heterocycles. The predicted octanol–water partition coefficient (Wildman–Crippen LogP) is -0.810. The molecule has 23 heavy (non-hydrogen) atoms. The van der Waals surface area contributed by atoms with Crippen molar-refractivity contribution in [2.24, 2.45) is 0 Å². The van der Waals surface area contributed by atoms with Crippen molar-refractivity contribution >= 4 is 40.5 Å².